The van der Waals surface area contributed by atoms with Gasteiger partial charge in [-0.05, 0) is 7.05 Å². The largest absolute Gasteiger partial charge is 0.503 e. The molecule has 2 fully saturated rings. The van der Waals surface area contributed by atoms with E-state index in [4.69, 9.17) is 9.47 Å². The SMILES string of the molecule is COc1ccnc(C(=O)N2C[C@@H]3COC[C@H](C2)N(C)C3)c1O. The van der Waals surface area contributed by atoms with Gasteiger partial charge in [-0.25, -0.2) is 4.98 Å². The van der Waals surface area contributed by atoms with Crippen molar-refractivity contribution in [3.05, 3.63) is 18.0 Å². The van der Waals surface area contributed by atoms with E-state index in [1.54, 1.807) is 4.90 Å². The summed E-state index contributed by atoms with van der Waals surface area (Å²) in [7, 11) is 3.51. The fraction of sp³-hybridized carbons (Fsp3) is 0.600. The van der Waals surface area contributed by atoms with Gasteiger partial charge in [-0.2, -0.15) is 0 Å². The number of hydrogen-bond acceptors (Lipinski definition) is 6. The molecule has 22 heavy (non-hydrogen) atoms. The highest BCUT2D eigenvalue weighted by Gasteiger charge is 2.34. The predicted octanol–water partition coefficient (Wildman–Crippen LogP) is 0.198. The topological polar surface area (TPSA) is 75.1 Å². The van der Waals surface area contributed by atoms with E-state index in [0.29, 0.717) is 26.3 Å². The Balaban J connectivity index is 1.86. The van der Waals surface area contributed by atoms with Crippen LogP contribution in [0.25, 0.3) is 0 Å². The summed E-state index contributed by atoms with van der Waals surface area (Å²) in [5.41, 5.74) is 0.0443. The van der Waals surface area contributed by atoms with Crippen LogP contribution in [0, 0.1) is 5.92 Å². The van der Waals surface area contributed by atoms with Gasteiger partial charge in [0.25, 0.3) is 5.91 Å². The van der Waals surface area contributed by atoms with E-state index in [2.05, 4.69) is 16.9 Å². The maximum atomic E-state index is 12.8. The Bertz CT molecular complexity index is 566. The number of aromatic nitrogens is 1. The van der Waals surface area contributed by atoms with Crippen molar-refractivity contribution >= 4 is 5.91 Å². The first-order valence-electron chi connectivity index (χ1n) is 7.39. The second kappa shape index (κ2) is 6.10. The van der Waals surface area contributed by atoms with Crippen LogP contribution < -0.4 is 4.74 Å². The summed E-state index contributed by atoms with van der Waals surface area (Å²) in [5.74, 6) is 0.0700. The Labute approximate surface area is 129 Å². The van der Waals surface area contributed by atoms with Crippen LogP contribution in [0.2, 0.25) is 0 Å². The maximum Gasteiger partial charge on any atom is 0.276 e. The molecule has 7 nitrogen and oxygen atoms in total. The number of methoxy groups -OCH3 is 1. The molecule has 0 aromatic carbocycles. The zero-order valence-corrected chi connectivity index (χ0v) is 12.9. The summed E-state index contributed by atoms with van der Waals surface area (Å²) in [5, 5.41) is 10.1. The van der Waals surface area contributed by atoms with Crippen molar-refractivity contribution in [2.75, 3.05) is 47.0 Å². The molecule has 2 saturated heterocycles. The van der Waals surface area contributed by atoms with Crippen LogP contribution in [0.5, 0.6) is 11.5 Å². The summed E-state index contributed by atoms with van der Waals surface area (Å²) in [4.78, 5) is 20.8. The molecular weight excluding hydrogens is 286 g/mol. The van der Waals surface area contributed by atoms with Gasteiger partial charge in [0.2, 0.25) is 0 Å². The Hall–Kier alpha value is -1.86. The van der Waals surface area contributed by atoms with Crippen molar-refractivity contribution in [1.82, 2.24) is 14.8 Å². The molecule has 2 aliphatic rings. The molecule has 3 rings (SSSR count). The minimum atomic E-state index is -0.261. The maximum absolute atomic E-state index is 12.8. The molecule has 0 aliphatic carbocycles. The Kier molecular flexibility index (Phi) is 4.17. The van der Waals surface area contributed by atoms with Gasteiger partial charge in [0.15, 0.2) is 17.2 Å². The monoisotopic (exact) mass is 307 g/mol. The number of aromatic hydroxyl groups is 1. The molecule has 0 saturated carbocycles. The fourth-order valence-corrected chi connectivity index (χ4v) is 3.12. The van der Waals surface area contributed by atoms with Crippen LogP contribution in [-0.4, -0.2) is 78.8 Å². The second-order valence-electron chi connectivity index (χ2n) is 5.92. The van der Waals surface area contributed by atoms with E-state index in [-0.39, 0.29) is 35.1 Å². The van der Waals surface area contributed by atoms with Gasteiger partial charge in [-0.15, -0.1) is 0 Å². The van der Waals surface area contributed by atoms with Crippen molar-refractivity contribution in [3.8, 4) is 11.5 Å². The van der Waals surface area contributed by atoms with E-state index in [1.807, 2.05) is 0 Å². The summed E-state index contributed by atoms with van der Waals surface area (Å²) in [6.45, 7) is 3.37. The molecule has 1 N–H and O–H groups in total. The van der Waals surface area contributed by atoms with Gasteiger partial charge in [-0.1, -0.05) is 0 Å². The molecule has 2 atom stereocenters. The predicted molar refractivity (Wildman–Crippen MR) is 79.1 cm³/mol. The zero-order chi connectivity index (χ0) is 15.7. The third-order valence-electron chi connectivity index (χ3n) is 4.34. The summed E-state index contributed by atoms with van der Waals surface area (Å²) in [6.07, 6.45) is 1.47. The molecule has 0 unspecified atom stereocenters. The first kappa shape index (κ1) is 15.1. The van der Waals surface area contributed by atoms with Crippen molar-refractivity contribution < 1.29 is 19.4 Å². The lowest BCUT2D eigenvalue weighted by Gasteiger charge is -2.29. The van der Waals surface area contributed by atoms with E-state index < -0.39 is 0 Å². The number of carbonyl (C=O) groups is 1. The van der Waals surface area contributed by atoms with Crippen LogP contribution in [0.4, 0.5) is 0 Å². The number of nitrogens with zero attached hydrogens (tertiary/aromatic N) is 3. The minimum Gasteiger partial charge on any atom is -0.503 e. The molecule has 1 amide bonds. The van der Waals surface area contributed by atoms with E-state index in [9.17, 15) is 9.90 Å². The standard InChI is InChI=1S/C15H21N3O4/c1-17-5-10-6-18(7-11(17)9-22-8-10)15(20)13-14(19)12(21-2)3-4-16-13/h3-4,10-11,19H,5-9H2,1-2H3/t10-,11+/m1/s1. The number of likely N-dealkylation sites (N-methyl/N-ethyl adjacent to an activating group) is 1. The number of rotatable bonds is 2. The van der Waals surface area contributed by atoms with Crippen LogP contribution in [0.15, 0.2) is 12.3 Å². The van der Waals surface area contributed by atoms with E-state index >= 15 is 0 Å². The Morgan fingerprint density at radius 2 is 2.23 bits per heavy atom. The number of amides is 1. The van der Waals surface area contributed by atoms with Gasteiger partial charge in [-0.3, -0.25) is 9.69 Å². The van der Waals surface area contributed by atoms with Gasteiger partial charge < -0.3 is 19.5 Å². The highest BCUT2D eigenvalue weighted by molar-refractivity contribution is 5.95. The summed E-state index contributed by atoms with van der Waals surface area (Å²) in [6, 6.07) is 1.70. The molecule has 3 heterocycles. The third-order valence-corrected chi connectivity index (χ3v) is 4.34. The average molecular weight is 307 g/mol. The van der Waals surface area contributed by atoms with Gasteiger partial charge >= 0.3 is 0 Å². The van der Waals surface area contributed by atoms with Gasteiger partial charge in [0, 0.05) is 37.8 Å². The quantitative estimate of drug-likeness (QED) is 0.841. The molecule has 1 aromatic rings. The Morgan fingerprint density at radius 3 is 3.00 bits per heavy atom. The fourth-order valence-electron chi connectivity index (χ4n) is 3.12. The molecule has 120 valence electrons. The summed E-state index contributed by atoms with van der Waals surface area (Å²) < 4.78 is 10.7. The van der Waals surface area contributed by atoms with Crippen LogP contribution in [0.1, 0.15) is 10.5 Å². The van der Waals surface area contributed by atoms with E-state index in [0.717, 1.165) is 6.54 Å². The molecule has 0 radical (unpaired) electrons. The van der Waals surface area contributed by atoms with Crippen LogP contribution in [-0.2, 0) is 4.74 Å². The average Bonchev–Trinajstić information content (AvgIpc) is 2.75. The van der Waals surface area contributed by atoms with Crippen molar-refractivity contribution in [2.24, 2.45) is 5.92 Å². The van der Waals surface area contributed by atoms with Crippen molar-refractivity contribution in [3.63, 3.8) is 0 Å². The lowest BCUT2D eigenvalue weighted by molar-refractivity contribution is 0.0428. The summed E-state index contributed by atoms with van der Waals surface area (Å²) >= 11 is 0. The van der Waals surface area contributed by atoms with E-state index in [1.165, 1.54) is 19.4 Å². The number of pyridine rings is 1. The number of ether oxygens (including phenoxy) is 2. The second-order valence-corrected chi connectivity index (χ2v) is 5.92. The lowest BCUT2D eigenvalue weighted by Crippen LogP contribution is -2.45. The molecule has 0 spiro atoms. The highest BCUT2D eigenvalue weighted by atomic mass is 16.5. The van der Waals surface area contributed by atoms with Gasteiger partial charge in [0.1, 0.15) is 0 Å². The number of carbonyl (C=O) groups excluding carboxylic acids is 1. The smallest absolute Gasteiger partial charge is 0.276 e. The molecule has 2 bridgehead atoms. The Morgan fingerprint density at radius 1 is 1.41 bits per heavy atom. The number of hydrogen-bond donors (Lipinski definition) is 1. The van der Waals surface area contributed by atoms with Crippen LogP contribution in [0.3, 0.4) is 0 Å². The molecule has 7 heteroatoms. The van der Waals surface area contributed by atoms with Crippen molar-refractivity contribution in [1.29, 1.82) is 0 Å². The van der Waals surface area contributed by atoms with Crippen LogP contribution >= 0.6 is 0 Å². The number of fused-ring (bicyclic) bond motifs is 3. The lowest BCUT2D eigenvalue weighted by atomic mass is 10.1. The first-order chi connectivity index (χ1) is 10.6. The first-order valence-corrected chi connectivity index (χ1v) is 7.39. The third kappa shape index (κ3) is 2.74. The van der Waals surface area contributed by atoms with Gasteiger partial charge in [0.05, 0.1) is 26.4 Å². The van der Waals surface area contributed by atoms with Crippen molar-refractivity contribution in [2.45, 2.75) is 6.04 Å². The molecule has 2 aliphatic heterocycles. The minimum absolute atomic E-state index is 0.0443. The normalized spacial score (nSPS) is 25.6. The molecule has 1 aromatic heterocycles. The zero-order valence-electron chi connectivity index (χ0n) is 12.9. The highest BCUT2D eigenvalue weighted by Crippen LogP contribution is 2.29. The molecular formula is C15H21N3O4.